The first-order valence-corrected chi connectivity index (χ1v) is 14.3. The maximum atomic E-state index is 9.33. The first-order chi connectivity index (χ1) is 15.3. The van der Waals surface area contributed by atoms with E-state index in [4.69, 9.17) is 10.3 Å². The molecule has 8 heteroatoms. The van der Waals surface area contributed by atoms with Gasteiger partial charge in [-0.1, -0.05) is 103 Å². The monoisotopic (exact) mass is 477 g/mol. The fourth-order valence-electron chi connectivity index (χ4n) is 4.01. The molecule has 1 unspecified atom stereocenters. The number of nitrogens with two attached hydrogens (primary N) is 1. The molecule has 1 aliphatic rings. The summed E-state index contributed by atoms with van der Waals surface area (Å²) < 4.78 is 29.7. The molecule has 0 saturated heterocycles. The van der Waals surface area contributed by atoms with Crippen molar-refractivity contribution in [2.45, 2.75) is 129 Å². The molecule has 32 heavy (non-hydrogen) atoms. The predicted molar refractivity (Wildman–Crippen MR) is 135 cm³/mol. The lowest BCUT2D eigenvalue weighted by Crippen LogP contribution is -2.31. The summed E-state index contributed by atoms with van der Waals surface area (Å²) in [4.78, 5) is 6.91. The van der Waals surface area contributed by atoms with Gasteiger partial charge in [-0.25, -0.2) is 0 Å². The van der Waals surface area contributed by atoms with E-state index in [9.17, 15) is 8.42 Å². The molecule has 1 atom stereocenters. The van der Waals surface area contributed by atoms with Crippen LogP contribution in [0.15, 0.2) is 4.99 Å². The van der Waals surface area contributed by atoms with Crippen LogP contribution in [-0.4, -0.2) is 50.1 Å². The fraction of sp³-hybridized carbons (Fsp3) is 0.958. The minimum absolute atomic E-state index is 0.0195. The van der Waals surface area contributed by atoms with Gasteiger partial charge in [-0.3, -0.25) is 13.7 Å². The Morgan fingerprint density at radius 1 is 0.875 bits per heavy atom. The predicted octanol–water partition coefficient (Wildman–Crippen LogP) is 6.09. The van der Waals surface area contributed by atoms with Crippen molar-refractivity contribution in [2.75, 3.05) is 20.2 Å². The van der Waals surface area contributed by atoms with Gasteiger partial charge in [-0.05, 0) is 13.3 Å². The number of amidine groups is 1. The summed E-state index contributed by atoms with van der Waals surface area (Å²) in [6, 6.07) is 0. The van der Waals surface area contributed by atoms with E-state index in [0.29, 0.717) is 0 Å². The number of aliphatic imine (C=N–C) groups is 1. The molecule has 0 saturated carbocycles. The van der Waals surface area contributed by atoms with Gasteiger partial charge in [-0.2, -0.15) is 8.42 Å². The quantitative estimate of drug-likeness (QED) is 0.172. The SMILES string of the molecule is CCCCCCCCCCCCCCCCCCC1=NC(N)CN1CC.COS(=O)(=O)O. The van der Waals surface area contributed by atoms with E-state index in [-0.39, 0.29) is 6.17 Å². The molecule has 0 radical (unpaired) electrons. The molecule has 0 aliphatic carbocycles. The van der Waals surface area contributed by atoms with Gasteiger partial charge < -0.3 is 10.6 Å². The van der Waals surface area contributed by atoms with Crippen molar-refractivity contribution >= 4 is 16.2 Å². The Labute approximate surface area is 198 Å². The molecule has 0 aromatic carbocycles. The van der Waals surface area contributed by atoms with E-state index in [1.54, 1.807) is 0 Å². The third kappa shape index (κ3) is 19.9. The maximum absolute atomic E-state index is 9.33. The van der Waals surface area contributed by atoms with Crippen molar-refractivity contribution in [1.29, 1.82) is 0 Å². The molecule has 0 spiro atoms. The Morgan fingerprint density at radius 2 is 1.25 bits per heavy atom. The summed E-state index contributed by atoms with van der Waals surface area (Å²) >= 11 is 0. The third-order valence-corrected chi connectivity index (χ3v) is 6.35. The maximum Gasteiger partial charge on any atom is 0.397 e. The standard InChI is InChI=1S/C23H47N3.CH4O4S/c1-3-5-6-7-8-9-10-11-12-13-14-15-16-17-18-19-20-23-25-22(24)21-26(23)4-2;1-5-6(2,3)4/h22H,3-21,24H2,1-2H3;1H3,(H,2,3,4). The minimum Gasteiger partial charge on any atom is -0.357 e. The Kier molecular flexibility index (Phi) is 20.4. The van der Waals surface area contributed by atoms with Gasteiger partial charge in [0.15, 0.2) is 0 Å². The number of nitrogens with zero attached hydrogens (tertiary/aromatic N) is 2. The molecule has 1 heterocycles. The molecule has 0 aromatic rings. The molecule has 192 valence electrons. The highest BCUT2D eigenvalue weighted by Crippen LogP contribution is 2.15. The Hall–Kier alpha value is -0.700. The average Bonchev–Trinajstić information content (AvgIpc) is 3.13. The molecule has 7 nitrogen and oxygen atoms in total. The van der Waals surface area contributed by atoms with Crippen molar-refractivity contribution in [3.8, 4) is 0 Å². The molecule has 1 aliphatic heterocycles. The highest BCUT2D eigenvalue weighted by atomic mass is 32.3. The van der Waals surface area contributed by atoms with Crippen LogP contribution >= 0.6 is 0 Å². The highest BCUT2D eigenvalue weighted by Gasteiger charge is 2.19. The van der Waals surface area contributed by atoms with Crippen molar-refractivity contribution in [2.24, 2.45) is 10.7 Å². The van der Waals surface area contributed by atoms with Crippen molar-refractivity contribution in [1.82, 2.24) is 4.90 Å². The molecule has 3 N–H and O–H groups in total. The van der Waals surface area contributed by atoms with Gasteiger partial charge in [0.1, 0.15) is 12.0 Å². The van der Waals surface area contributed by atoms with Crippen LogP contribution in [0.3, 0.4) is 0 Å². The summed E-state index contributed by atoms with van der Waals surface area (Å²) in [5, 5.41) is 0. The second kappa shape index (κ2) is 20.9. The summed E-state index contributed by atoms with van der Waals surface area (Å²) in [7, 11) is -3.29. The molecule has 1 rings (SSSR count). The van der Waals surface area contributed by atoms with Crippen molar-refractivity contribution in [3.05, 3.63) is 0 Å². The summed E-state index contributed by atoms with van der Waals surface area (Å²) in [6.45, 7) is 6.46. The number of rotatable bonds is 19. The molecule has 0 bridgehead atoms. The minimum atomic E-state index is -4.16. The van der Waals surface area contributed by atoms with E-state index >= 15 is 0 Å². The van der Waals surface area contributed by atoms with E-state index < -0.39 is 10.4 Å². The molecule has 0 fully saturated rings. The Balaban J connectivity index is 0.00000140. The van der Waals surface area contributed by atoms with Crippen LogP contribution in [0.4, 0.5) is 0 Å². The second-order valence-corrected chi connectivity index (χ2v) is 9.99. The van der Waals surface area contributed by atoms with Crippen LogP contribution in [0, 0.1) is 0 Å². The van der Waals surface area contributed by atoms with E-state index in [1.165, 1.54) is 109 Å². The second-order valence-electron chi connectivity index (χ2n) is 8.80. The summed E-state index contributed by atoms with van der Waals surface area (Å²) in [5.41, 5.74) is 5.92. The highest BCUT2D eigenvalue weighted by molar-refractivity contribution is 7.80. The zero-order valence-electron chi connectivity index (χ0n) is 21.1. The van der Waals surface area contributed by atoms with Crippen LogP contribution in [-0.2, 0) is 14.6 Å². The Bertz CT molecular complexity index is 555. The third-order valence-electron chi connectivity index (χ3n) is 5.93. The normalized spacial score (nSPS) is 16.1. The van der Waals surface area contributed by atoms with E-state index in [0.717, 1.165) is 26.6 Å². The van der Waals surface area contributed by atoms with Gasteiger partial charge in [-0.15, -0.1) is 0 Å². The smallest absolute Gasteiger partial charge is 0.357 e. The van der Waals surface area contributed by atoms with Gasteiger partial charge in [0.05, 0.1) is 13.7 Å². The number of hydrogen-bond acceptors (Lipinski definition) is 6. The topological polar surface area (TPSA) is 105 Å². The van der Waals surface area contributed by atoms with Crippen LogP contribution in [0.5, 0.6) is 0 Å². The molecular weight excluding hydrogens is 426 g/mol. The first kappa shape index (κ1) is 31.3. The largest absolute Gasteiger partial charge is 0.397 e. The van der Waals surface area contributed by atoms with Gasteiger partial charge in [0, 0.05) is 13.0 Å². The summed E-state index contributed by atoms with van der Waals surface area (Å²) in [5.74, 6) is 1.25. The number of likely N-dealkylation sites (N-methyl/N-ethyl adjacent to an activating group) is 1. The van der Waals surface area contributed by atoms with Crippen LogP contribution in [0.1, 0.15) is 123 Å². The van der Waals surface area contributed by atoms with Gasteiger partial charge in [0.2, 0.25) is 0 Å². The molecule has 0 amide bonds. The van der Waals surface area contributed by atoms with E-state index in [2.05, 4.69) is 27.9 Å². The zero-order chi connectivity index (χ0) is 24.1. The Morgan fingerprint density at radius 3 is 1.59 bits per heavy atom. The average molecular weight is 478 g/mol. The molecular formula is C24H51N3O4S. The lowest BCUT2D eigenvalue weighted by Gasteiger charge is -2.17. The lowest BCUT2D eigenvalue weighted by atomic mass is 10.0. The first-order valence-electron chi connectivity index (χ1n) is 12.9. The van der Waals surface area contributed by atoms with Crippen LogP contribution in [0.25, 0.3) is 0 Å². The fourth-order valence-corrected chi connectivity index (χ4v) is 4.01. The van der Waals surface area contributed by atoms with Crippen LogP contribution in [0.2, 0.25) is 0 Å². The lowest BCUT2D eigenvalue weighted by molar-refractivity contribution is 0.324. The summed E-state index contributed by atoms with van der Waals surface area (Å²) in [6.07, 6.45) is 24.0. The van der Waals surface area contributed by atoms with Crippen molar-refractivity contribution < 1.29 is 17.2 Å². The van der Waals surface area contributed by atoms with Gasteiger partial charge in [0.25, 0.3) is 0 Å². The van der Waals surface area contributed by atoms with Crippen LogP contribution < -0.4 is 5.73 Å². The number of unbranched alkanes of at least 4 members (excludes halogenated alkanes) is 15. The number of hydrogen-bond donors (Lipinski definition) is 2. The zero-order valence-corrected chi connectivity index (χ0v) is 21.9. The van der Waals surface area contributed by atoms with Gasteiger partial charge >= 0.3 is 10.4 Å². The van der Waals surface area contributed by atoms with Crippen molar-refractivity contribution in [3.63, 3.8) is 0 Å². The van der Waals surface area contributed by atoms with E-state index in [1.807, 2.05) is 0 Å². The molecule has 0 aromatic heterocycles.